The molecule has 0 spiro atoms. The zero-order valence-corrected chi connectivity index (χ0v) is 17.9. The van der Waals surface area contributed by atoms with Gasteiger partial charge in [-0.25, -0.2) is 0 Å². The summed E-state index contributed by atoms with van der Waals surface area (Å²) >= 11 is 3.46. The number of nitrogens with one attached hydrogen (secondary N) is 1. The van der Waals surface area contributed by atoms with E-state index in [1.807, 2.05) is 55.5 Å². The SMILES string of the molecule is COc1ccc([C@H]2CC(=O)C3=C(C2)NC(C)=C(C#N)[C@H]3c2ccc(Br)cc2)cc1. The van der Waals surface area contributed by atoms with Crippen LogP contribution in [0.15, 0.2) is 75.5 Å². The number of allylic oxidation sites excluding steroid dienone is 4. The number of halogens is 1. The Bertz CT molecular complexity index is 1060. The van der Waals surface area contributed by atoms with Gasteiger partial charge in [0.15, 0.2) is 5.78 Å². The average molecular weight is 449 g/mol. The van der Waals surface area contributed by atoms with Crippen LogP contribution in [0.5, 0.6) is 5.75 Å². The van der Waals surface area contributed by atoms with E-state index in [0.29, 0.717) is 12.0 Å². The summed E-state index contributed by atoms with van der Waals surface area (Å²) in [5.41, 5.74) is 5.20. The fourth-order valence-electron chi connectivity index (χ4n) is 4.29. The molecule has 0 amide bonds. The molecule has 1 heterocycles. The molecule has 2 aromatic rings. The number of nitriles is 1. The molecule has 4 rings (SSSR count). The van der Waals surface area contributed by atoms with Crippen LogP contribution in [0.1, 0.15) is 42.7 Å². The topological polar surface area (TPSA) is 62.1 Å². The maximum absolute atomic E-state index is 13.3. The standard InChI is InChI=1S/C24H21BrN2O2/c1-14-20(13-26)23(16-3-7-18(25)8-4-16)24-21(27-14)11-17(12-22(24)28)15-5-9-19(29-2)10-6-15/h3-10,17,23,27H,11-12H2,1-2H3/t17-,23-/m1/s1. The van der Waals surface area contributed by atoms with E-state index in [1.54, 1.807) is 7.11 Å². The van der Waals surface area contributed by atoms with E-state index in [1.165, 1.54) is 0 Å². The molecule has 0 saturated carbocycles. The lowest BCUT2D eigenvalue weighted by Gasteiger charge is -2.35. The monoisotopic (exact) mass is 448 g/mol. The molecular weight excluding hydrogens is 428 g/mol. The molecule has 0 bridgehead atoms. The van der Waals surface area contributed by atoms with Gasteiger partial charge < -0.3 is 10.1 Å². The molecule has 5 heteroatoms. The Morgan fingerprint density at radius 3 is 2.34 bits per heavy atom. The van der Waals surface area contributed by atoms with E-state index in [9.17, 15) is 10.1 Å². The van der Waals surface area contributed by atoms with Gasteiger partial charge >= 0.3 is 0 Å². The highest BCUT2D eigenvalue weighted by atomic mass is 79.9. The highest BCUT2D eigenvalue weighted by Gasteiger charge is 2.38. The lowest BCUT2D eigenvalue weighted by Crippen LogP contribution is -2.33. The van der Waals surface area contributed by atoms with E-state index < -0.39 is 0 Å². The van der Waals surface area contributed by atoms with Crippen molar-refractivity contribution in [2.75, 3.05) is 7.11 Å². The van der Waals surface area contributed by atoms with Gasteiger partial charge in [0.2, 0.25) is 0 Å². The molecule has 0 radical (unpaired) electrons. The van der Waals surface area contributed by atoms with Gasteiger partial charge in [0.25, 0.3) is 0 Å². The number of benzene rings is 2. The Labute approximate surface area is 179 Å². The Morgan fingerprint density at radius 1 is 1.07 bits per heavy atom. The number of carbonyl (C=O) groups is 1. The quantitative estimate of drug-likeness (QED) is 0.687. The number of rotatable bonds is 3. The minimum Gasteiger partial charge on any atom is -0.497 e. The molecule has 0 aromatic heterocycles. The number of ketones is 1. The third kappa shape index (κ3) is 3.61. The molecule has 2 aromatic carbocycles. The number of dihydropyridines is 1. The summed E-state index contributed by atoms with van der Waals surface area (Å²) in [4.78, 5) is 13.3. The van der Waals surface area contributed by atoms with Gasteiger partial charge in [0.05, 0.1) is 24.7 Å². The molecule has 146 valence electrons. The highest BCUT2D eigenvalue weighted by Crippen LogP contribution is 2.45. The number of nitrogens with zero attached hydrogens (tertiary/aromatic N) is 1. The molecule has 0 fully saturated rings. The molecule has 1 aliphatic heterocycles. The van der Waals surface area contributed by atoms with Crippen LogP contribution in [0, 0.1) is 11.3 Å². The Balaban J connectivity index is 1.74. The first-order valence-corrected chi connectivity index (χ1v) is 10.3. The van der Waals surface area contributed by atoms with Crippen molar-refractivity contribution in [3.63, 3.8) is 0 Å². The van der Waals surface area contributed by atoms with Crippen LogP contribution in [0.25, 0.3) is 0 Å². The number of hydrogen-bond acceptors (Lipinski definition) is 4. The van der Waals surface area contributed by atoms with Crippen molar-refractivity contribution in [1.29, 1.82) is 5.26 Å². The lowest BCUT2D eigenvalue weighted by atomic mass is 9.72. The lowest BCUT2D eigenvalue weighted by molar-refractivity contribution is -0.116. The Hall–Kier alpha value is -2.84. The van der Waals surface area contributed by atoms with Crippen molar-refractivity contribution in [3.8, 4) is 11.8 Å². The van der Waals surface area contributed by atoms with Crippen LogP contribution < -0.4 is 10.1 Å². The van der Waals surface area contributed by atoms with E-state index in [-0.39, 0.29) is 17.6 Å². The van der Waals surface area contributed by atoms with Crippen LogP contribution in [0.4, 0.5) is 0 Å². The second-order valence-corrected chi connectivity index (χ2v) is 8.37. The average Bonchev–Trinajstić information content (AvgIpc) is 2.73. The molecule has 29 heavy (non-hydrogen) atoms. The summed E-state index contributed by atoms with van der Waals surface area (Å²) < 4.78 is 6.21. The normalized spacial score (nSPS) is 21.4. The zero-order valence-electron chi connectivity index (χ0n) is 16.3. The summed E-state index contributed by atoms with van der Waals surface area (Å²) in [6.07, 6.45) is 1.19. The molecular formula is C24H21BrN2O2. The fourth-order valence-corrected chi connectivity index (χ4v) is 4.55. The predicted molar refractivity (Wildman–Crippen MR) is 115 cm³/mol. The first-order chi connectivity index (χ1) is 14.0. The zero-order chi connectivity index (χ0) is 20.5. The number of Topliss-reactive ketones (excluding diaryl/α,β-unsaturated/α-hetero) is 1. The fraction of sp³-hybridized carbons (Fsp3) is 0.250. The molecule has 2 aliphatic rings. The molecule has 2 atom stereocenters. The van der Waals surface area contributed by atoms with Crippen molar-refractivity contribution >= 4 is 21.7 Å². The first kappa shape index (κ1) is 19.5. The van der Waals surface area contributed by atoms with E-state index in [2.05, 4.69) is 27.3 Å². The Morgan fingerprint density at radius 2 is 1.72 bits per heavy atom. The summed E-state index contributed by atoms with van der Waals surface area (Å²) in [6.45, 7) is 1.91. The maximum atomic E-state index is 13.3. The third-order valence-corrected chi connectivity index (χ3v) is 6.27. The first-order valence-electron chi connectivity index (χ1n) is 9.55. The van der Waals surface area contributed by atoms with Gasteiger partial charge in [0.1, 0.15) is 5.75 Å². The Kier molecular flexibility index (Phi) is 5.29. The van der Waals surface area contributed by atoms with Crippen molar-refractivity contribution in [2.45, 2.75) is 31.6 Å². The van der Waals surface area contributed by atoms with Crippen molar-refractivity contribution in [1.82, 2.24) is 5.32 Å². The van der Waals surface area contributed by atoms with Gasteiger partial charge in [-0.15, -0.1) is 0 Å². The predicted octanol–water partition coefficient (Wildman–Crippen LogP) is 5.34. The van der Waals surface area contributed by atoms with Crippen LogP contribution in [-0.4, -0.2) is 12.9 Å². The van der Waals surface area contributed by atoms with Gasteiger partial charge in [0, 0.05) is 27.9 Å². The van der Waals surface area contributed by atoms with Gasteiger partial charge in [-0.3, -0.25) is 4.79 Å². The largest absolute Gasteiger partial charge is 0.497 e. The minimum absolute atomic E-state index is 0.104. The van der Waals surface area contributed by atoms with Crippen molar-refractivity contribution < 1.29 is 9.53 Å². The van der Waals surface area contributed by atoms with Crippen LogP contribution in [0.2, 0.25) is 0 Å². The molecule has 0 saturated heterocycles. The second kappa shape index (κ2) is 7.88. The summed E-state index contributed by atoms with van der Waals surface area (Å²) in [6, 6.07) is 18.1. The minimum atomic E-state index is -0.311. The van der Waals surface area contributed by atoms with E-state index >= 15 is 0 Å². The number of hydrogen-bond donors (Lipinski definition) is 1. The molecule has 0 unspecified atom stereocenters. The van der Waals surface area contributed by atoms with Gasteiger partial charge in [-0.1, -0.05) is 40.2 Å². The molecule has 4 nitrogen and oxygen atoms in total. The number of carbonyl (C=O) groups excluding carboxylic acids is 1. The number of ether oxygens (including phenoxy) is 1. The van der Waals surface area contributed by atoms with Gasteiger partial charge in [-0.05, 0) is 54.7 Å². The molecule has 1 aliphatic carbocycles. The van der Waals surface area contributed by atoms with Gasteiger partial charge in [-0.2, -0.15) is 5.26 Å². The van der Waals surface area contributed by atoms with Crippen LogP contribution in [-0.2, 0) is 4.79 Å². The van der Waals surface area contributed by atoms with E-state index in [4.69, 9.17) is 4.74 Å². The maximum Gasteiger partial charge on any atom is 0.162 e. The summed E-state index contributed by atoms with van der Waals surface area (Å²) in [5, 5.41) is 13.2. The van der Waals surface area contributed by atoms with E-state index in [0.717, 1.165) is 44.7 Å². The number of methoxy groups -OCH3 is 1. The molecule has 1 N–H and O–H groups in total. The second-order valence-electron chi connectivity index (χ2n) is 7.45. The summed E-state index contributed by atoms with van der Waals surface area (Å²) in [7, 11) is 1.65. The highest BCUT2D eigenvalue weighted by molar-refractivity contribution is 9.10. The summed E-state index contributed by atoms with van der Waals surface area (Å²) in [5.74, 6) is 0.711. The third-order valence-electron chi connectivity index (χ3n) is 5.74. The van der Waals surface area contributed by atoms with Crippen molar-refractivity contribution in [2.24, 2.45) is 0 Å². The van der Waals surface area contributed by atoms with Crippen LogP contribution >= 0.6 is 15.9 Å². The van der Waals surface area contributed by atoms with Crippen LogP contribution in [0.3, 0.4) is 0 Å². The smallest absolute Gasteiger partial charge is 0.162 e. The van der Waals surface area contributed by atoms with Crippen molar-refractivity contribution in [3.05, 3.63) is 86.7 Å².